The normalized spacial score (nSPS) is 14.3. The van der Waals surface area contributed by atoms with E-state index < -0.39 is 0 Å². The molecule has 0 aliphatic carbocycles. The van der Waals surface area contributed by atoms with Gasteiger partial charge in [-0.1, -0.05) is 30.3 Å². The minimum atomic E-state index is 0.0685. The molecule has 1 fully saturated rings. The number of anilines is 1. The Bertz CT molecular complexity index is 875. The summed E-state index contributed by atoms with van der Waals surface area (Å²) in [6.07, 6.45) is 5.31. The fourth-order valence-corrected chi connectivity index (χ4v) is 3.24. The van der Waals surface area contributed by atoms with Gasteiger partial charge in [-0.15, -0.1) is 0 Å². The lowest BCUT2D eigenvalue weighted by Crippen LogP contribution is -2.48. The Balaban J connectivity index is 1.46. The van der Waals surface area contributed by atoms with E-state index in [9.17, 15) is 4.79 Å². The number of pyridine rings is 2. The summed E-state index contributed by atoms with van der Waals surface area (Å²) in [4.78, 5) is 25.6. The molecule has 4 rings (SSSR count). The first-order chi connectivity index (χ1) is 12.8. The molecule has 0 atom stereocenters. The van der Waals surface area contributed by atoms with Crippen LogP contribution in [-0.2, 0) is 0 Å². The lowest BCUT2D eigenvalue weighted by Gasteiger charge is -2.36. The zero-order chi connectivity index (χ0) is 17.8. The number of carbonyl (C=O) groups is 1. The SMILES string of the molecule is O=C(c1ccnc(-c2ccccc2)c1)N1CCN(c2ccncc2)CC1. The molecule has 0 N–H and O–H groups in total. The van der Waals surface area contributed by atoms with Crippen LogP contribution in [0, 0.1) is 0 Å². The van der Waals surface area contributed by atoms with Crippen LogP contribution in [0.1, 0.15) is 10.4 Å². The first kappa shape index (κ1) is 16.3. The smallest absolute Gasteiger partial charge is 0.254 e. The van der Waals surface area contributed by atoms with Gasteiger partial charge in [-0.25, -0.2) is 0 Å². The highest BCUT2D eigenvalue weighted by molar-refractivity contribution is 5.95. The molecule has 1 aliphatic heterocycles. The van der Waals surface area contributed by atoms with E-state index in [1.54, 1.807) is 24.7 Å². The molecule has 1 saturated heterocycles. The number of hydrogen-bond acceptors (Lipinski definition) is 4. The number of aromatic nitrogens is 2. The van der Waals surface area contributed by atoms with Crippen LogP contribution in [0.4, 0.5) is 5.69 Å². The van der Waals surface area contributed by atoms with E-state index in [1.807, 2.05) is 53.4 Å². The second-order valence-electron chi connectivity index (χ2n) is 6.28. The van der Waals surface area contributed by atoms with Crippen LogP contribution >= 0.6 is 0 Å². The van der Waals surface area contributed by atoms with E-state index in [4.69, 9.17) is 0 Å². The summed E-state index contributed by atoms with van der Waals surface area (Å²) in [6.45, 7) is 3.08. The predicted octanol–water partition coefficient (Wildman–Crippen LogP) is 3.11. The number of amides is 1. The molecule has 26 heavy (non-hydrogen) atoms. The predicted molar refractivity (Wildman–Crippen MR) is 102 cm³/mol. The van der Waals surface area contributed by atoms with Gasteiger partial charge in [-0.05, 0) is 24.3 Å². The monoisotopic (exact) mass is 344 g/mol. The average molecular weight is 344 g/mol. The van der Waals surface area contributed by atoms with E-state index in [2.05, 4.69) is 14.9 Å². The zero-order valence-electron chi connectivity index (χ0n) is 14.5. The Morgan fingerprint density at radius 3 is 2.31 bits per heavy atom. The summed E-state index contributed by atoms with van der Waals surface area (Å²) in [6, 6.07) is 17.6. The molecule has 0 bridgehead atoms. The third-order valence-electron chi connectivity index (χ3n) is 4.67. The first-order valence-corrected chi connectivity index (χ1v) is 8.77. The fourth-order valence-electron chi connectivity index (χ4n) is 3.24. The topological polar surface area (TPSA) is 49.3 Å². The highest BCUT2D eigenvalue weighted by Gasteiger charge is 2.22. The Morgan fingerprint density at radius 1 is 0.846 bits per heavy atom. The second kappa shape index (κ2) is 7.35. The Kier molecular flexibility index (Phi) is 4.60. The van der Waals surface area contributed by atoms with Crippen molar-refractivity contribution >= 4 is 11.6 Å². The summed E-state index contributed by atoms with van der Waals surface area (Å²) in [5.41, 5.74) is 3.69. The van der Waals surface area contributed by atoms with Crippen LogP contribution in [0.25, 0.3) is 11.3 Å². The minimum Gasteiger partial charge on any atom is -0.368 e. The second-order valence-corrected chi connectivity index (χ2v) is 6.28. The minimum absolute atomic E-state index is 0.0685. The summed E-state index contributed by atoms with van der Waals surface area (Å²) in [5, 5.41) is 0. The van der Waals surface area contributed by atoms with Crippen LogP contribution in [0.5, 0.6) is 0 Å². The van der Waals surface area contributed by atoms with Gasteiger partial charge in [0.05, 0.1) is 5.69 Å². The van der Waals surface area contributed by atoms with Crippen LogP contribution < -0.4 is 4.90 Å². The number of rotatable bonds is 3. The molecule has 5 nitrogen and oxygen atoms in total. The molecule has 3 aromatic rings. The van der Waals surface area contributed by atoms with Gasteiger partial charge in [0.1, 0.15) is 0 Å². The Hall–Kier alpha value is -3.21. The third kappa shape index (κ3) is 3.42. The van der Waals surface area contributed by atoms with E-state index >= 15 is 0 Å². The molecule has 0 saturated carbocycles. The van der Waals surface area contributed by atoms with Crippen molar-refractivity contribution in [3.63, 3.8) is 0 Å². The summed E-state index contributed by atoms with van der Waals surface area (Å²) in [5.74, 6) is 0.0685. The molecule has 3 heterocycles. The van der Waals surface area contributed by atoms with Crippen molar-refractivity contribution in [2.75, 3.05) is 31.1 Å². The summed E-state index contributed by atoms with van der Waals surface area (Å²) < 4.78 is 0. The molecule has 1 aliphatic rings. The quantitative estimate of drug-likeness (QED) is 0.732. The van der Waals surface area contributed by atoms with Crippen molar-refractivity contribution in [1.82, 2.24) is 14.9 Å². The van der Waals surface area contributed by atoms with Gasteiger partial charge < -0.3 is 9.80 Å². The van der Waals surface area contributed by atoms with Crippen molar-refractivity contribution in [2.24, 2.45) is 0 Å². The Labute approximate surface area is 152 Å². The van der Waals surface area contributed by atoms with E-state index in [1.165, 1.54) is 0 Å². The summed E-state index contributed by atoms with van der Waals surface area (Å²) in [7, 11) is 0. The molecule has 0 radical (unpaired) electrons. The summed E-state index contributed by atoms with van der Waals surface area (Å²) >= 11 is 0. The van der Waals surface area contributed by atoms with Crippen LogP contribution in [0.3, 0.4) is 0 Å². The number of piperazine rings is 1. The number of nitrogens with zero attached hydrogens (tertiary/aromatic N) is 4. The average Bonchev–Trinajstić information content (AvgIpc) is 2.75. The molecule has 0 spiro atoms. The van der Waals surface area contributed by atoms with Gasteiger partial charge >= 0.3 is 0 Å². The molecule has 2 aromatic heterocycles. The molecule has 1 amide bonds. The number of benzene rings is 1. The molecular formula is C21H20N4O. The van der Waals surface area contributed by atoms with Crippen LogP contribution in [-0.4, -0.2) is 47.0 Å². The third-order valence-corrected chi connectivity index (χ3v) is 4.67. The lowest BCUT2D eigenvalue weighted by atomic mass is 10.1. The van der Waals surface area contributed by atoms with E-state index in [-0.39, 0.29) is 5.91 Å². The van der Waals surface area contributed by atoms with Crippen molar-refractivity contribution in [3.05, 3.63) is 78.8 Å². The molecule has 130 valence electrons. The number of carbonyl (C=O) groups excluding carboxylic acids is 1. The van der Waals surface area contributed by atoms with Gasteiger partial charge in [0.25, 0.3) is 5.91 Å². The van der Waals surface area contributed by atoms with Crippen molar-refractivity contribution in [2.45, 2.75) is 0 Å². The lowest BCUT2D eigenvalue weighted by molar-refractivity contribution is 0.0746. The molecule has 0 unspecified atom stereocenters. The number of hydrogen-bond donors (Lipinski definition) is 0. The highest BCUT2D eigenvalue weighted by atomic mass is 16.2. The van der Waals surface area contributed by atoms with Gasteiger partial charge in [0.2, 0.25) is 0 Å². The van der Waals surface area contributed by atoms with Crippen LogP contribution in [0.15, 0.2) is 73.2 Å². The van der Waals surface area contributed by atoms with Crippen molar-refractivity contribution in [1.29, 1.82) is 0 Å². The maximum atomic E-state index is 12.9. The molecular weight excluding hydrogens is 324 g/mol. The first-order valence-electron chi connectivity index (χ1n) is 8.77. The van der Waals surface area contributed by atoms with Gasteiger partial charge in [0.15, 0.2) is 0 Å². The molecule has 1 aromatic carbocycles. The highest BCUT2D eigenvalue weighted by Crippen LogP contribution is 2.20. The van der Waals surface area contributed by atoms with Crippen molar-refractivity contribution in [3.8, 4) is 11.3 Å². The van der Waals surface area contributed by atoms with Gasteiger partial charge in [-0.3, -0.25) is 14.8 Å². The van der Waals surface area contributed by atoms with Crippen LogP contribution in [0.2, 0.25) is 0 Å². The van der Waals surface area contributed by atoms with E-state index in [0.29, 0.717) is 18.7 Å². The standard InChI is InChI=1S/C21H20N4O/c26-21(18-6-11-23-20(16-18)17-4-2-1-3-5-17)25-14-12-24(13-15-25)19-7-9-22-10-8-19/h1-11,16H,12-15H2. The van der Waals surface area contributed by atoms with Gasteiger partial charge in [-0.2, -0.15) is 0 Å². The van der Waals surface area contributed by atoms with Crippen molar-refractivity contribution < 1.29 is 4.79 Å². The van der Waals surface area contributed by atoms with E-state index in [0.717, 1.165) is 30.0 Å². The van der Waals surface area contributed by atoms with Gasteiger partial charge in [0, 0.05) is 61.6 Å². The molecule has 5 heteroatoms. The Morgan fingerprint density at radius 2 is 1.58 bits per heavy atom. The largest absolute Gasteiger partial charge is 0.368 e. The maximum Gasteiger partial charge on any atom is 0.254 e. The fraction of sp³-hybridized carbons (Fsp3) is 0.190. The zero-order valence-corrected chi connectivity index (χ0v) is 14.5. The maximum absolute atomic E-state index is 12.9.